The highest BCUT2D eigenvalue weighted by Gasteiger charge is 2.11. The van der Waals surface area contributed by atoms with Gasteiger partial charge in [0.1, 0.15) is 5.82 Å². The number of pyridine rings is 1. The summed E-state index contributed by atoms with van der Waals surface area (Å²) in [6.07, 6.45) is 3.50. The molecule has 0 aliphatic rings. The van der Waals surface area contributed by atoms with Crippen LogP contribution < -0.4 is 5.32 Å². The van der Waals surface area contributed by atoms with Crippen molar-refractivity contribution < 1.29 is 14.3 Å². The fourth-order valence-electron chi connectivity index (χ4n) is 2.09. The van der Waals surface area contributed by atoms with Gasteiger partial charge in [-0.05, 0) is 30.2 Å². The van der Waals surface area contributed by atoms with Gasteiger partial charge < -0.3 is 14.8 Å². The molecule has 0 aromatic carbocycles. The minimum atomic E-state index is -0.316. The Morgan fingerprint density at radius 1 is 1.36 bits per heavy atom. The number of carbonyl (C=O) groups is 1. The first-order valence-corrected chi connectivity index (χ1v) is 7.85. The van der Waals surface area contributed by atoms with Crippen LogP contribution in [0.5, 0.6) is 0 Å². The van der Waals surface area contributed by atoms with E-state index in [-0.39, 0.29) is 5.91 Å². The van der Waals surface area contributed by atoms with Crippen LogP contribution >= 0.6 is 0 Å². The first kappa shape index (κ1) is 20.4. The summed E-state index contributed by atoms with van der Waals surface area (Å²) in [7, 11) is 0. The van der Waals surface area contributed by atoms with Crippen molar-refractivity contribution in [2.75, 3.05) is 38.3 Å². The molecule has 1 heterocycles. The van der Waals surface area contributed by atoms with Crippen molar-refractivity contribution in [2.24, 2.45) is 5.11 Å². The van der Waals surface area contributed by atoms with Gasteiger partial charge in [-0.1, -0.05) is 24.3 Å². The zero-order chi connectivity index (χ0) is 18.5. The van der Waals surface area contributed by atoms with Crippen molar-refractivity contribution in [1.82, 2.24) is 4.98 Å². The number of rotatable bonds is 12. The van der Waals surface area contributed by atoms with E-state index in [0.29, 0.717) is 45.2 Å². The smallest absolute Gasteiger partial charge is 0.248 e. The number of ether oxygens (including phenoxy) is 2. The molecule has 1 aromatic rings. The van der Waals surface area contributed by atoms with E-state index in [1.807, 2.05) is 13.0 Å². The van der Waals surface area contributed by atoms with Crippen molar-refractivity contribution in [2.45, 2.75) is 13.3 Å². The average molecular weight is 345 g/mol. The zero-order valence-corrected chi connectivity index (χ0v) is 14.4. The van der Waals surface area contributed by atoms with Crippen LogP contribution in [0.15, 0.2) is 30.4 Å². The van der Waals surface area contributed by atoms with E-state index < -0.39 is 0 Å². The van der Waals surface area contributed by atoms with Crippen molar-refractivity contribution in [1.29, 1.82) is 0 Å². The average Bonchev–Trinajstić information content (AvgIpc) is 2.61. The number of azide groups is 1. The normalized spacial score (nSPS) is 9.96. The highest BCUT2D eigenvalue weighted by molar-refractivity contribution is 5.99. The standard InChI is InChI=1S/C17H23N5O3/c1-4-14-12-13(3)20-17(21-16(23)5-2)15(14)6-8-24-10-11-25-9-7-19-22-18/h4-5,12H,1-2,6-11H2,3H3,(H,20,21,23). The molecule has 0 atom stereocenters. The first-order chi connectivity index (χ1) is 12.1. The summed E-state index contributed by atoms with van der Waals surface area (Å²) in [5.74, 6) is 0.178. The van der Waals surface area contributed by atoms with Gasteiger partial charge >= 0.3 is 0 Å². The van der Waals surface area contributed by atoms with E-state index in [0.717, 1.165) is 16.8 Å². The maximum Gasteiger partial charge on any atom is 0.248 e. The number of aryl methyl sites for hydroxylation is 1. The fourth-order valence-corrected chi connectivity index (χ4v) is 2.09. The van der Waals surface area contributed by atoms with Gasteiger partial charge in [-0.25, -0.2) is 4.98 Å². The molecule has 1 N–H and O–H groups in total. The molecule has 1 aromatic heterocycles. The van der Waals surface area contributed by atoms with Gasteiger partial charge in [0.2, 0.25) is 5.91 Å². The summed E-state index contributed by atoms with van der Waals surface area (Å²) >= 11 is 0. The van der Waals surface area contributed by atoms with Crippen LogP contribution in [0.4, 0.5) is 5.82 Å². The van der Waals surface area contributed by atoms with Crippen LogP contribution in [-0.2, 0) is 20.7 Å². The van der Waals surface area contributed by atoms with Crippen LogP contribution in [0.3, 0.4) is 0 Å². The highest BCUT2D eigenvalue weighted by Crippen LogP contribution is 2.21. The van der Waals surface area contributed by atoms with Crippen molar-refractivity contribution in [3.8, 4) is 0 Å². The second kappa shape index (κ2) is 11.8. The molecule has 0 aliphatic carbocycles. The largest absolute Gasteiger partial charge is 0.379 e. The predicted octanol–water partition coefficient (Wildman–Crippen LogP) is 3.04. The third kappa shape index (κ3) is 7.63. The molecule has 0 unspecified atom stereocenters. The molecule has 0 spiro atoms. The van der Waals surface area contributed by atoms with Gasteiger partial charge in [0, 0.05) is 29.1 Å². The van der Waals surface area contributed by atoms with E-state index >= 15 is 0 Å². The molecule has 8 heteroatoms. The Morgan fingerprint density at radius 3 is 2.72 bits per heavy atom. The molecule has 0 radical (unpaired) electrons. The lowest BCUT2D eigenvalue weighted by Gasteiger charge is -2.14. The van der Waals surface area contributed by atoms with E-state index in [9.17, 15) is 4.79 Å². The molecular formula is C17H23N5O3. The van der Waals surface area contributed by atoms with Gasteiger partial charge in [-0.2, -0.15) is 0 Å². The molecule has 0 bridgehead atoms. The number of carbonyl (C=O) groups excluding carboxylic acids is 1. The van der Waals surface area contributed by atoms with E-state index in [4.69, 9.17) is 15.0 Å². The minimum Gasteiger partial charge on any atom is -0.379 e. The lowest BCUT2D eigenvalue weighted by molar-refractivity contribution is -0.111. The predicted molar refractivity (Wildman–Crippen MR) is 97.2 cm³/mol. The minimum absolute atomic E-state index is 0.306. The number of amides is 1. The van der Waals surface area contributed by atoms with Crippen LogP contribution in [0.1, 0.15) is 16.8 Å². The number of nitrogens with zero attached hydrogens (tertiary/aromatic N) is 4. The van der Waals surface area contributed by atoms with Gasteiger partial charge in [-0.3, -0.25) is 4.79 Å². The highest BCUT2D eigenvalue weighted by atomic mass is 16.5. The Morgan fingerprint density at radius 2 is 2.08 bits per heavy atom. The van der Waals surface area contributed by atoms with Crippen LogP contribution in [0, 0.1) is 6.92 Å². The second-order valence-corrected chi connectivity index (χ2v) is 5.01. The Bertz CT molecular complexity index is 654. The SMILES string of the molecule is C=CC(=O)Nc1nc(C)cc(C=C)c1CCOCCOCCN=[N+]=[N-]. The molecule has 0 saturated carbocycles. The Hall–Kier alpha value is -2.67. The maximum absolute atomic E-state index is 11.6. The number of aromatic nitrogens is 1. The summed E-state index contributed by atoms with van der Waals surface area (Å²) in [5.41, 5.74) is 10.7. The fraction of sp³-hybridized carbons (Fsp3) is 0.412. The molecule has 0 aliphatic heterocycles. The Balaban J connectivity index is 2.55. The lowest BCUT2D eigenvalue weighted by Crippen LogP contribution is -2.14. The number of anilines is 1. The van der Waals surface area contributed by atoms with Crippen LogP contribution in [-0.4, -0.2) is 43.9 Å². The molecule has 0 saturated heterocycles. The molecule has 134 valence electrons. The van der Waals surface area contributed by atoms with Crippen LogP contribution in [0.2, 0.25) is 0 Å². The monoisotopic (exact) mass is 345 g/mol. The second-order valence-electron chi connectivity index (χ2n) is 5.01. The van der Waals surface area contributed by atoms with Gasteiger partial charge in [0.15, 0.2) is 0 Å². The molecule has 25 heavy (non-hydrogen) atoms. The summed E-state index contributed by atoms with van der Waals surface area (Å²) in [6, 6.07) is 1.91. The molecule has 1 rings (SSSR count). The summed E-state index contributed by atoms with van der Waals surface area (Å²) < 4.78 is 10.8. The quantitative estimate of drug-likeness (QED) is 0.206. The molecule has 8 nitrogen and oxygen atoms in total. The van der Waals surface area contributed by atoms with Crippen LogP contribution in [0.25, 0.3) is 16.5 Å². The molecular weight excluding hydrogens is 322 g/mol. The Kier molecular flexibility index (Phi) is 9.62. The molecule has 1 amide bonds. The number of hydrogen-bond donors (Lipinski definition) is 1. The third-order valence-electron chi connectivity index (χ3n) is 3.20. The number of nitrogens with one attached hydrogen (secondary N) is 1. The van der Waals surface area contributed by atoms with Gasteiger partial charge in [-0.15, -0.1) is 0 Å². The first-order valence-electron chi connectivity index (χ1n) is 7.85. The Labute approximate surface area is 147 Å². The van der Waals surface area contributed by atoms with Gasteiger partial charge in [0.05, 0.1) is 26.4 Å². The van der Waals surface area contributed by atoms with Crippen molar-refractivity contribution >= 4 is 17.8 Å². The topological polar surface area (TPSA) is 109 Å². The van der Waals surface area contributed by atoms with Crippen molar-refractivity contribution in [3.63, 3.8) is 0 Å². The third-order valence-corrected chi connectivity index (χ3v) is 3.20. The summed E-state index contributed by atoms with van der Waals surface area (Å²) in [6.45, 7) is 11.1. The van der Waals surface area contributed by atoms with E-state index in [2.05, 4.69) is 33.5 Å². The zero-order valence-electron chi connectivity index (χ0n) is 14.4. The summed E-state index contributed by atoms with van der Waals surface area (Å²) in [5, 5.41) is 6.09. The van der Waals surface area contributed by atoms with Gasteiger partial charge in [0.25, 0.3) is 0 Å². The molecule has 0 fully saturated rings. The maximum atomic E-state index is 11.6. The summed E-state index contributed by atoms with van der Waals surface area (Å²) in [4.78, 5) is 18.6. The number of hydrogen-bond acceptors (Lipinski definition) is 5. The van der Waals surface area contributed by atoms with E-state index in [1.165, 1.54) is 6.08 Å². The van der Waals surface area contributed by atoms with E-state index in [1.54, 1.807) is 6.08 Å². The lowest BCUT2D eigenvalue weighted by atomic mass is 10.0. The van der Waals surface area contributed by atoms with Crippen molar-refractivity contribution in [3.05, 3.63) is 52.6 Å².